The molecule has 0 aliphatic heterocycles. The van der Waals surface area contributed by atoms with Crippen molar-refractivity contribution in [3.8, 4) is 0 Å². The number of nitrogens with one attached hydrogen (secondary N) is 2. The molecule has 210 valence electrons. The van der Waals surface area contributed by atoms with Crippen molar-refractivity contribution >= 4 is 25.7 Å². The van der Waals surface area contributed by atoms with E-state index < -0.39 is 25.6 Å². The van der Waals surface area contributed by atoms with E-state index >= 15 is 0 Å². The molecular weight excluding hydrogens is 513 g/mol. The van der Waals surface area contributed by atoms with Gasteiger partial charge in [0.2, 0.25) is 10.0 Å². The number of hydrogen-bond donors (Lipinski definition) is 2. The van der Waals surface area contributed by atoms with Crippen LogP contribution >= 0.6 is 0 Å². The second-order valence-corrected chi connectivity index (χ2v) is 12.7. The van der Waals surface area contributed by atoms with Crippen LogP contribution in [-0.2, 0) is 20.0 Å². The third-order valence-corrected chi connectivity index (χ3v) is 8.63. The Balaban J connectivity index is 2.10. The molecule has 1 aromatic rings. The smallest absolute Gasteiger partial charge is 0.276 e. The number of anilines is 1. The van der Waals surface area contributed by atoms with Gasteiger partial charge in [-0.25, -0.2) is 13.1 Å². The first-order valence-corrected chi connectivity index (χ1v) is 16.1. The first kappa shape index (κ1) is 32.7. The first-order chi connectivity index (χ1) is 17.0. The standard InChI is InChI=1S/C25H43F3N2O4S2/c1-2-3-4-5-6-7-8-9-10-11-12-13-14-15-16-17-22-29-35(31,32)24-20-18-23(19-21-24)30-36(33,34)25(26,27)28/h18-21,29-30H,2-17,22H2,1H3. The Kier molecular flexibility index (Phi) is 15.6. The minimum absolute atomic E-state index is 0.144. The van der Waals surface area contributed by atoms with Crippen LogP contribution in [0.2, 0.25) is 0 Å². The Morgan fingerprint density at radius 2 is 1.03 bits per heavy atom. The van der Waals surface area contributed by atoms with Crippen molar-refractivity contribution in [2.75, 3.05) is 11.3 Å². The summed E-state index contributed by atoms with van der Waals surface area (Å²) >= 11 is 0. The van der Waals surface area contributed by atoms with Gasteiger partial charge in [0.25, 0.3) is 0 Å². The Labute approximate surface area is 215 Å². The van der Waals surface area contributed by atoms with Crippen molar-refractivity contribution in [1.29, 1.82) is 0 Å². The zero-order valence-corrected chi connectivity index (χ0v) is 23.0. The van der Waals surface area contributed by atoms with Crippen LogP contribution in [-0.4, -0.2) is 28.9 Å². The van der Waals surface area contributed by atoms with E-state index in [1.54, 1.807) is 0 Å². The van der Waals surface area contributed by atoms with Gasteiger partial charge in [-0.3, -0.25) is 4.72 Å². The fourth-order valence-electron chi connectivity index (χ4n) is 3.88. The molecule has 1 aromatic carbocycles. The molecule has 0 heterocycles. The molecule has 0 aromatic heterocycles. The average molecular weight is 557 g/mol. The summed E-state index contributed by atoms with van der Waals surface area (Å²) in [6, 6.07) is 4.08. The van der Waals surface area contributed by atoms with Crippen LogP contribution in [0.3, 0.4) is 0 Å². The van der Waals surface area contributed by atoms with Gasteiger partial charge in [-0.1, -0.05) is 103 Å². The Morgan fingerprint density at radius 1 is 0.639 bits per heavy atom. The van der Waals surface area contributed by atoms with Crippen molar-refractivity contribution in [2.45, 2.75) is 120 Å². The molecule has 36 heavy (non-hydrogen) atoms. The molecule has 0 fully saturated rings. The highest BCUT2D eigenvalue weighted by atomic mass is 32.2. The van der Waals surface area contributed by atoms with E-state index in [1.165, 1.54) is 81.8 Å². The number of alkyl halides is 3. The Hall–Kier alpha value is -1.33. The van der Waals surface area contributed by atoms with E-state index in [0.717, 1.165) is 43.5 Å². The van der Waals surface area contributed by atoms with Gasteiger partial charge in [-0.15, -0.1) is 0 Å². The van der Waals surface area contributed by atoms with Gasteiger partial charge in [0.15, 0.2) is 0 Å². The molecule has 11 heteroatoms. The first-order valence-electron chi connectivity index (χ1n) is 13.2. The number of hydrogen-bond acceptors (Lipinski definition) is 4. The van der Waals surface area contributed by atoms with Crippen LogP contribution < -0.4 is 9.44 Å². The van der Waals surface area contributed by atoms with Crippen molar-refractivity contribution in [3.63, 3.8) is 0 Å². The summed E-state index contributed by atoms with van der Waals surface area (Å²) < 4.78 is 88.0. The normalized spacial score (nSPS) is 12.7. The van der Waals surface area contributed by atoms with Gasteiger partial charge >= 0.3 is 15.5 Å². The topological polar surface area (TPSA) is 92.3 Å². The lowest BCUT2D eigenvalue weighted by atomic mass is 10.0. The average Bonchev–Trinajstić information content (AvgIpc) is 2.80. The molecular formula is C25H43F3N2O4S2. The summed E-state index contributed by atoms with van der Waals surface area (Å²) in [7, 11) is -9.37. The van der Waals surface area contributed by atoms with Crippen LogP contribution in [0, 0.1) is 0 Å². The molecule has 0 bridgehead atoms. The van der Waals surface area contributed by atoms with E-state index in [4.69, 9.17) is 0 Å². The van der Waals surface area contributed by atoms with Crippen molar-refractivity contribution < 1.29 is 30.0 Å². The minimum atomic E-state index is -5.55. The zero-order valence-electron chi connectivity index (χ0n) is 21.4. The van der Waals surface area contributed by atoms with E-state index in [0.29, 0.717) is 6.42 Å². The lowest BCUT2D eigenvalue weighted by molar-refractivity contribution is -0.0429. The Bertz CT molecular complexity index is 920. The SMILES string of the molecule is CCCCCCCCCCCCCCCCCCNS(=O)(=O)c1ccc(NS(=O)(=O)C(F)(F)F)cc1. The molecule has 0 saturated heterocycles. The molecule has 0 aliphatic carbocycles. The van der Waals surface area contributed by atoms with Gasteiger partial charge in [-0.05, 0) is 30.7 Å². The molecule has 0 atom stereocenters. The number of benzene rings is 1. The van der Waals surface area contributed by atoms with Gasteiger partial charge in [0, 0.05) is 12.2 Å². The van der Waals surface area contributed by atoms with Crippen LogP contribution in [0.4, 0.5) is 18.9 Å². The molecule has 0 unspecified atom stereocenters. The van der Waals surface area contributed by atoms with Crippen molar-refractivity contribution in [2.24, 2.45) is 0 Å². The fourth-order valence-corrected chi connectivity index (χ4v) is 5.51. The highest BCUT2D eigenvalue weighted by Crippen LogP contribution is 2.26. The third kappa shape index (κ3) is 13.8. The summed E-state index contributed by atoms with van der Waals surface area (Å²) in [6.07, 6.45) is 19.7. The van der Waals surface area contributed by atoms with Gasteiger partial charge in [0.05, 0.1) is 4.90 Å². The third-order valence-electron chi connectivity index (χ3n) is 6.04. The molecule has 0 aliphatic rings. The lowest BCUT2D eigenvalue weighted by Crippen LogP contribution is -2.30. The molecule has 0 spiro atoms. The number of unbranched alkanes of at least 4 members (excludes halogenated alkanes) is 15. The summed E-state index contributed by atoms with van der Waals surface area (Å²) in [4.78, 5) is -0.144. The van der Waals surface area contributed by atoms with Crippen LogP contribution in [0.25, 0.3) is 0 Å². The molecule has 0 amide bonds. The predicted molar refractivity (Wildman–Crippen MR) is 140 cm³/mol. The fraction of sp³-hybridized carbons (Fsp3) is 0.760. The zero-order chi connectivity index (χ0) is 26.9. The molecule has 0 saturated carbocycles. The van der Waals surface area contributed by atoms with E-state index in [1.807, 2.05) is 0 Å². The highest BCUT2D eigenvalue weighted by molar-refractivity contribution is 7.93. The maximum absolute atomic E-state index is 12.4. The molecule has 0 radical (unpaired) electrons. The Morgan fingerprint density at radius 3 is 1.42 bits per heavy atom. The molecule has 2 N–H and O–H groups in total. The summed E-state index contributed by atoms with van der Waals surface area (Å²) in [6.45, 7) is 2.51. The highest BCUT2D eigenvalue weighted by Gasteiger charge is 2.46. The quantitative estimate of drug-likeness (QED) is 0.153. The predicted octanol–water partition coefficient (Wildman–Crippen LogP) is 7.49. The second-order valence-electron chi connectivity index (χ2n) is 9.28. The number of rotatable bonds is 21. The van der Waals surface area contributed by atoms with Crippen LogP contribution in [0.1, 0.15) is 110 Å². The number of sulfonamides is 2. The second kappa shape index (κ2) is 17.2. The van der Waals surface area contributed by atoms with Crippen LogP contribution in [0.15, 0.2) is 29.2 Å². The summed E-state index contributed by atoms with van der Waals surface area (Å²) in [5.74, 6) is 0. The molecule has 1 rings (SSSR count). The summed E-state index contributed by atoms with van der Waals surface area (Å²) in [5.41, 5.74) is -5.82. The monoisotopic (exact) mass is 556 g/mol. The van der Waals surface area contributed by atoms with Crippen molar-refractivity contribution in [1.82, 2.24) is 4.72 Å². The van der Waals surface area contributed by atoms with E-state index in [9.17, 15) is 30.0 Å². The minimum Gasteiger partial charge on any atom is -0.276 e. The van der Waals surface area contributed by atoms with Gasteiger partial charge in [0.1, 0.15) is 0 Å². The van der Waals surface area contributed by atoms with Crippen molar-refractivity contribution in [3.05, 3.63) is 24.3 Å². The lowest BCUT2D eigenvalue weighted by Gasteiger charge is -2.11. The van der Waals surface area contributed by atoms with Gasteiger partial charge < -0.3 is 0 Å². The molecule has 6 nitrogen and oxygen atoms in total. The maximum Gasteiger partial charge on any atom is 0.516 e. The summed E-state index contributed by atoms with van der Waals surface area (Å²) in [5, 5.41) is 0. The van der Waals surface area contributed by atoms with E-state index in [2.05, 4.69) is 11.6 Å². The number of halogens is 3. The maximum atomic E-state index is 12.4. The largest absolute Gasteiger partial charge is 0.516 e. The van der Waals surface area contributed by atoms with Crippen LogP contribution in [0.5, 0.6) is 0 Å². The van der Waals surface area contributed by atoms with E-state index in [-0.39, 0.29) is 17.1 Å². The van der Waals surface area contributed by atoms with Gasteiger partial charge in [-0.2, -0.15) is 21.6 Å².